The Balaban J connectivity index is 2.18. The highest BCUT2D eigenvalue weighted by atomic mass is 32.2. The summed E-state index contributed by atoms with van der Waals surface area (Å²) in [4.78, 5) is 11.4. The lowest BCUT2D eigenvalue weighted by Crippen LogP contribution is -2.36. The van der Waals surface area contributed by atoms with Gasteiger partial charge in [-0.25, -0.2) is 8.42 Å². The van der Waals surface area contributed by atoms with E-state index in [0.29, 0.717) is 5.75 Å². The van der Waals surface area contributed by atoms with Gasteiger partial charge in [-0.15, -0.1) is 0 Å². The summed E-state index contributed by atoms with van der Waals surface area (Å²) in [5, 5.41) is 11.0. The van der Waals surface area contributed by atoms with Gasteiger partial charge in [-0.1, -0.05) is 30.3 Å². The van der Waals surface area contributed by atoms with E-state index in [1.54, 1.807) is 24.3 Å². The molecule has 146 valence electrons. The number of fused-ring (bicyclic) bond motifs is 1. The number of hydrogen-bond donors (Lipinski definition) is 1. The van der Waals surface area contributed by atoms with Crippen molar-refractivity contribution in [3.8, 4) is 11.5 Å². The van der Waals surface area contributed by atoms with E-state index in [2.05, 4.69) is 0 Å². The number of ether oxygens (including phenoxy) is 2. The minimum Gasteiger partial charge on any atom is -0.497 e. The summed E-state index contributed by atoms with van der Waals surface area (Å²) in [7, 11) is -1.36. The Hall–Kier alpha value is -3.26. The largest absolute Gasteiger partial charge is 0.497 e. The second kappa shape index (κ2) is 7.77. The van der Waals surface area contributed by atoms with Crippen LogP contribution in [-0.2, 0) is 14.8 Å². The Labute approximate surface area is 162 Å². The number of rotatable bonds is 7. The normalized spacial score (nSPS) is 11.2. The minimum absolute atomic E-state index is 0.0164. The molecule has 0 saturated carbocycles. The Kier molecular flexibility index (Phi) is 5.41. The van der Waals surface area contributed by atoms with Crippen molar-refractivity contribution in [1.29, 1.82) is 0 Å². The second-order valence-corrected chi connectivity index (χ2v) is 7.81. The number of anilines is 1. The number of carboxylic acid groups (broad SMARTS) is 1. The highest BCUT2D eigenvalue weighted by molar-refractivity contribution is 7.92. The first kappa shape index (κ1) is 19.5. The van der Waals surface area contributed by atoms with Gasteiger partial charge < -0.3 is 14.6 Å². The Bertz CT molecular complexity index is 1130. The van der Waals surface area contributed by atoms with Gasteiger partial charge in [-0.2, -0.15) is 0 Å². The Morgan fingerprint density at radius 3 is 2.32 bits per heavy atom. The van der Waals surface area contributed by atoms with E-state index in [-0.39, 0.29) is 16.3 Å². The number of benzene rings is 3. The van der Waals surface area contributed by atoms with E-state index in [0.717, 1.165) is 15.1 Å². The van der Waals surface area contributed by atoms with Crippen molar-refractivity contribution in [1.82, 2.24) is 0 Å². The number of carboxylic acids is 1. The van der Waals surface area contributed by atoms with Gasteiger partial charge in [0.15, 0.2) is 0 Å². The van der Waals surface area contributed by atoms with Crippen molar-refractivity contribution in [3.63, 3.8) is 0 Å². The van der Waals surface area contributed by atoms with Crippen LogP contribution in [0.25, 0.3) is 10.8 Å². The maximum absolute atomic E-state index is 13.3. The Morgan fingerprint density at radius 2 is 1.68 bits per heavy atom. The molecule has 0 saturated heterocycles. The summed E-state index contributed by atoms with van der Waals surface area (Å²) in [6.07, 6.45) is 0. The fourth-order valence-corrected chi connectivity index (χ4v) is 4.32. The van der Waals surface area contributed by atoms with Crippen LogP contribution in [0.4, 0.5) is 5.69 Å². The molecule has 3 aromatic rings. The number of aliphatic carboxylic acids is 1. The van der Waals surface area contributed by atoms with Crippen LogP contribution in [0.3, 0.4) is 0 Å². The van der Waals surface area contributed by atoms with Crippen molar-refractivity contribution in [2.45, 2.75) is 4.90 Å². The summed E-state index contributed by atoms with van der Waals surface area (Å²) in [6, 6.07) is 16.5. The van der Waals surface area contributed by atoms with Gasteiger partial charge >= 0.3 is 5.97 Å². The van der Waals surface area contributed by atoms with Crippen molar-refractivity contribution in [2.24, 2.45) is 0 Å². The lowest BCUT2D eigenvalue weighted by molar-refractivity contribution is -0.135. The molecule has 0 atom stereocenters. The molecule has 0 heterocycles. The third kappa shape index (κ3) is 3.72. The quantitative estimate of drug-likeness (QED) is 0.654. The molecule has 0 aliphatic heterocycles. The zero-order valence-corrected chi connectivity index (χ0v) is 16.1. The van der Waals surface area contributed by atoms with Gasteiger partial charge in [0.05, 0.1) is 24.8 Å². The van der Waals surface area contributed by atoms with Crippen LogP contribution in [0.2, 0.25) is 0 Å². The van der Waals surface area contributed by atoms with Gasteiger partial charge in [0.1, 0.15) is 18.0 Å². The van der Waals surface area contributed by atoms with Crippen molar-refractivity contribution < 1.29 is 27.8 Å². The average Bonchev–Trinajstić information content (AvgIpc) is 2.70. The average molecular weight is 401 g/mol. The third-order valence-electron chi connectivity index (χ3n) is 4.24. The minimum atomic E-state index is -4.18. The molecule has 28 heavy (non-hydrogen) atoms. The zero-order valence-electron chi connectivity index (χ0n) is 15.3. The zero-order chi connectivity index (χ0) is 20.3. The lowest BCUT2D eigenvalue weighted by Gasteiger charge is -2.25. The van der Waals surface area contributed by atoms with Gasteiger partial charge in [0.2, 0.25) is 0 Å². The fourth-order valence-electron chi connectivity index (χ4n) is 2.87. The molecule has 1 N–H and O–H groups in total. The predicted molar refractivity (Wildman–Crippen MR) is 106 cm³/mol. The topological polar surface area (TPSA) is 93.1 Å². The third-order valence-corrected chi connectivity index (χ3v) is 6.00. The van der Waals surface area contributed by atoms with E-state index >= 15 is 0 Å². The number of carbonyl (C=O) groups is 1. The molecule has 0 radical (unpaired) electrons. The van der Waals surface area contributed by atoms with E-state index in [1.165, 1.54) is 38.5 Å². The molecule has 0 bridgehead atoms. The maximum atomic E-state index is 13.3. The number of nitrogens with zero attached hydrogens (tertiary/aromatic N) is 1. The van der Waals surface area contributed by atoms with Crippen molar-refractivity contribution >= 4 is 32.5 Å². The van der Waals surface area contributed by atoms with Crippen LogP contribution in [0.1, 0.15) is 0 Å². The summed E-state index contributed by atoms with van der Waals surface area (Å²) in [6.45, 7) is -0.765. The molecule has 8 heteroatoms. The van der Waals surface area contributed by atoms with E-state index < -0.39 is 22.5 Å². The van der Waals surface area contributed by atoms with Crippen molar-refractivity contribution in [3.05, 3.63) is 60.7 Å². The first-order chi connectivity index (χ1) is 13.4. The van der Waals surface area contributed by atoms with Gasteiger partial charge in [0, 0.05) is 6.07 Å². The highest BCUT2D eigenvalue weighted by Crippen LogP contribution is 2.36. The second-order valence-electron chi connectivity index (χ2n) is 5.95. The van der Waals surface area contributed by atoms with Crippen LogP contribution in [-0.4, -0.2) is 40.3 Å². The van der Waals surface area contributed by atoms with Crippen LogP contribution in [0, 0.1) is 0 Å². The summed E-state index contributed by atoms with van der Waals surface area (Å²) in [5.74, 6) is -0.708. The first-order valence-corrected chi connectivity index (χ1v) is 9.76. The summed E-state index contributed by atoms with van der Waals surface area (Å²) in [5.41, 5.74) is 0.0809. The fraction of sp³-hybridized carbons (Fsp3) is 0.150. The molecule has 0 spiro atoms. The van der Waals surface area contributed by atoms with E-state index in [1.807, 2.05) is 12.1 Å². The SMILES string of the molecule is COc1ccc(OC)c(N(CC(=O)O)S(=O)(=O)c2ccc3ccccc3c2)c1. The van der Waals surface area contributed by atoms with Gasteiger partial charge in [-0.05, 0) is 35.0 Å². The van der Waals surface area contributed by atoms with E-state index in [4.69, 9.17) is 9.47 Å². The molecule has 7 nitrogen and oxygen atoms in total. The number of sulfonamides is 1. The van der Waals surface area contributed by atoms with Crippen LogP contribution in [0.5, 0.6) is 11.5 Å². The lowest BCUT2D eigenvalue weighted by atomic mass is 10.1. The van der Waals surface area contributed by atoms with Crippen molar-refractivity contribution in [2.75, 3.05) is 25.1 Å². The monoisotopic (exact) mass is 401 g/mol. The first-order valence-electron chi connectivity index (χ1n) is 8.32. The molecular weight excluding hydrogens is 382 g/mol. The molecule has 0 unspecified atom stereocenters. The number of hydrogen-bond acceptors (Lipinski definition) is 5. The smallest absolute Gasteiger partial charge is 0.324 e. The molecule has 0 aromatic heterocycles. The Morgan fingerprint density at radius 1 is 0.964 bits per heavy atom. The van der Waals surface area contributed by atoms with Crippen LogP contribution >= 0.6 is 0 Å². The molecule has 0 aliphatic rings. The summed E-state index contributed by atoms with van der Waals surface area (Å²) < 4.78 is 37.9. The number of methoxy groups -OCH3 is 2. The highest BCUT2D eigenvalue weighted by Gasteiger charge is 2.30. The van der Waals surface area contributed by atoms with Crippen LogP contribution < -0.4 is 13.8 Å². The maximum Gasteiger partial charge on any atom is 0.324 e. The van der Waals surface area contributed by atoms with Crippen LogP contribution in [0.15, 0.2) is 65.6 Å². The molecule has 3 rings (SSSR count). The van der Waals surface area contributed by atoms with Gasteiger partial charge in [-0.3, -0.25) is 9.10 Å². The van der Waals surface area contributed by atoms with E-state index in [9.17, 15) is 18.3 Å². The standard InChI is InChI=1S/C20H19NO6S/c1-26-16-8-10-19(27-2)18(12-16)21(13-20(22)23)28(24,25)17-9-7-14-5-3-4-6-15(14)11-17/h3-12H,13H2,1-2H3,(H,22,23). The molecular formula is C20H19NO6S. The molecule has 0 fully saturated rings. The van der Waals surface area contributed by atoms with Gasteiger partial charge in [0.25, 0.3) is 10.0 Å². The molecule has 0 aliphatic carbocycles. The summed E-state index contributed by atoms with van der Waals surface area (Å²) >= 11 is 0. The molecule has 0 amide bonds. The molecule has 3 aromatic carbocycles. The predicted octanol–water partition coefficient (Wildman–Crippen LogP) is 3.14.